The molecule has 0 N–H and O–H groups in total. The van der Waals surface area contributed by atoms with Crippen molar-refractivity contribution in [3.63, 3.8) is 0 Å². The van der Waals surface area contributed by atoms with Crippen molar-refractivity contribution in [1.82, 2.24) is 4.98 Å². The van der Waals surface area contributed by atoms with Gasteiger partial charge in [-0.3, -0.25) is 9.78 Å². The Morgan fingerprint density at radius 3 is 2.63 bits per heavy atom. The Labute approximate surface area is 120 Å². The fourth-order valence-corrected chi connectivity index (χ4v) is 2.24. The van der Waals surface area contributed by atoms with E-state index in [9.17, 15) is 4.79 Å². The van der Waals surface area contributed by atoms with Crippen LogP contribution in [0.1, 0.15) is 26.7 Å². The summed E-state index contributed by atoms with van der Waals surface area (Å²) in [6.07, 6.45) is 5.35. The molecule has 1 saturated heterocycles. The van der Waals surface area contributed by atoms with Crippen molar-refractivity contribution < 1.29 is 9.53 Å². The fourth-order valence-electron chi connectivity index (χ4n) is 2.24. The van der Waals surface area contributed by atoms with E-state index in [0.717, 1.165) is 31.6 Å². The van der Waals surface area contributed by atoms with Crippen molar-refractivity contribution >= 4 is 24.1 Å². The van der Waals surface area contributed by atoms with E-state index in [0.29, 0.717) is 0 Å². The summed E-state index contributed by atoms with van der Waals surface area (Å²) in [6, 6.07) is 3.99. The van der Waals surface area contributed by atoms with Gasteiger partial charge < -0.3 is 9.64 Å². The van der Waals surface area contributed by atoms with Crippen molar-refractivity contribution in [2.24, 2.45) is 5.92 Å². The van der Waals surface area contributed by atoms with Gasteiger partial charge in [-0.25, -0.2) is 0 Å². The Morgan fingerprint density at radius 2 is 2.11 bits per heavy atom. The van der Waals surface area contributed by atoms with Gasteiger partial charge in [-0.15, -0.1) is 12.4 Å². The number of pyridine rings is 1. The number of hydrogen-bond acceptors (Lipinski definition) is 4. The molecule has 1 fully saturated rings. The molecule has 0 bridgehead atoms. The smallest absolute Gasteiger partial charge is 0.309 e. The summed E-state index contributed by atoms with van der Waals surface area (Å²) in [7, 11) is 0. The van der Waals surface area contributed by atoms with Crippen LogP contribution < -0.4 is 4.90 Å². The number of rotatable bonds is 3. The third-order valence-corrected chi connectivity index (χ3v) is 3.19. The summed E-state index contributed by atoms with van der Waals surface area (Å²) in [6.45, 7) is 5.57. The number of halogens is 1. The first-order valence-corrected chi connectivity index (χ1v) is 6.52. The fraction of sp³-hybridized carbons (Fsp3) is 0.571. The second-order valence-electron chi connectivity index (χ2n) is 4.96. The van der Waals surface area contributed by atoms with Crippen LogP contribution in [0.3, 0.4) is 0 Å². The molecule has 0 radical (unpaired) electrons. The predicted molar refractivity (Wildman–Crippen MR) is 77.7 cm³/mol. The van der Waals surface area contributed by atoms with Crippen LogP contribution in [-0.4, -0.2) is 30.1 Å². The van der Waals surface area contributed by atoms with Gasteiger partial charge in [0.2, 0.25) is 0 Å². The van der Waals surface area contributed by atoms with Crippen molar-refractivity contribution in [3.05, 3.63) is 24.5 Å². The topological polar surface area (TPSA) is 42.4 Å². The maximum absolute atomic E-state index is 11.8. The molecule has 19 heavy (non-hydrogen) atoms. The Bertz CT molecular complexity index is 390. The summed E-state index contributed by atoms with van der Waals surface area (Å²) in [5.41, 5.74) is 1.13. The summed E-state index contributed by atoms with van der Waals surface area (Å²) < 4.78 is 5.26. The van der Waals surface area contributed by atoms with Crippen LogP contribution in [0.5, 0.6) is 0 Å². The van der Waals surface area contributed by atoms with Crippen LogP contribution in [0.4, 0.5) is 5.69 Å². The van der Waals surface area contributed by atoms with E-state index in [1.165, 1.54) is 0 Å². The molecule has 0 saturated carbocycles. The number of carbonyl (C=O) groups excluding carboxylic acids is 1. The van der Waals surface area contributed by atoms with E-state index >= 15 is 0 Å². The normalized spacial score (nSPS) is 16.1. The lowest BCUT2D eigenvalue weighted by molar-refractivity contribution is -0.153. The first kappa shape index (κ1) is 15.8. The molecule has 0 spiro atoms. The Morgan fingerprint density at radius 1 is 1.42 bits per heavy atom. The number of esters is 1. The number of ether oxygens (including phenoxy) is 1. The van der Waals surface area contributed by atoms with Gasteiger partial charge in [0.25, 0.3) is 0 Å². The minimum Gasteiger partial charge on any atom is -0.463 e. The number of anilines is 1. The second-order valence-corrected chi connectivity index (χ2v) is 4.96. The van der Waals surface area contributed by atoms with Crippen molar-refractivity contribution in [2.75, 3.05) is 18.0 Å². The SMILES string of the molecule is CC(C)OC(=O)C1CCN(c2cccnc2)CC1.Cl. The third kappa shape index (κ3) is 4.39. The number of aromatic nitrogens is 1. The van der Waals surface area contributed by atoms with Gasteiger partial charge in [0.1, 0.15) is 0 Å². The summed E-state index contributed by atoms with van der Waals surface area (Å²) in [5.74, 6) is 0.0103. The van der Waals surface area contributed by atoms with Crippen LogP contribution in [0, 0.1) is 5.92 Å². The number of hydrogen-bond donors (Lipinski definition) is 0. The van der Waals surface area contributed by atoms with E-state index in [-0.39, 0.29) is 30.4 Å². The average Bonchev–Trinajstić information content (AvgIpc) is 2.39. The monoisotopic (exact) mass is 284 g/mol. The van der Waals surface area contributed by atoms with E-state index < -0.39 is 0 Å². The zero-order valence-electron chi connectivity index (χ0n) is 11.4. The van der Waals surface area contributed by atoms with Crippen molar-refractivity contribution in [1.29, 1.82) is 0 Å². The Balaban J connectivity index is 0.00000180. The third-order valence-electron chi connectivity index (χ3n) is 3.19. The van der Waals surface area contributed by atoms with Gasteiger partial charge in [0.15, 0.2) is 0 Å². The summed E-state index contributed by atoms with van der Waals surface area (Å²) in [5, 5.41) is 0. The maximum Gasteiger partial charge on any atom is 0.309 e. The van der Waals surface area contributed by atoms with Gasteiger partial charge in [-0.2, -0.15) is 0 Å². The van der Waals surface area contributed by atoms with Crippen LogP contribution in [-0.2, 0) is 9.53 Å². The van der Waals surface area contributed by atoms with Gasteiger partial charge >= 0.3 is 5.97 Å². The van der Waals surface area contributed by atoms with Gasteiger partial charge in [-0.1, -0.05) is 0 Å². The van der Waals surface area contributed by atoms with Crippen LogP contribution in [0.2, 0.25) is 0 Å². The highest BCUT2D eigenvalue weighted by atomic mass is 35.5. The molecule has 4 nitrogen and oxygen atoms in total. The highest BCUT2D eigenvalue weighted by Gasteiger charge is 2.26. The molecule has 5 heteroatoms. The standard InChI is InChI=1S/C14H20N2O2.ClH/c1-11(2)18-14(17)12-5-8-16(9-6-12)13-4-3-7-15-10-13;/h3-4,7,10-12H,5-6,8-9H2,1-2H3;1H. The Kier molecular flexibility index (Phi) is 6.09. The average molecular weight is 285 g/mol. The van der Waals surface area contributed by atoms with E-state index in [1.807, 2.05) is 26.1 Å². The highest BCUT2D eigenvalue weighted by Crippen LogP contribution is 2.23. The molecule has 0 atom stereocenters. The number of piperidine rings is 1. The van der Waals surface area contributed by atoms with Crippen molar-refractivity contribution in [3.8, 4) is 0 Å². The molecule has 0 aromatic carbocycles. The molecule has 0 aliphatic carbocycles. The summed E-state index contributed by atoms with van der Waals surface area (Å²) >= 11 is 0. The largest absolute Gasteiger partial charge is 0.463 e. The zero-order valence-corrected chi connectivity index (χ0v) is 12.2. The van der Waals surface area contributed by atoms with Gasteiger partial charge in [-0.05, 0) is 38.8 Å². The van der Waals surface area contributed by atoms with Crippen LogP contribution in [0.25, 0.3) is 0 Å². The van der Waals surface area contributed by atoms with Crippen molar-refractivity contribution in [2.45, 2.75) is 32.8 Å². The molecule has 2 heterocycles. The Hall–Kier alpha value is -1.29. The molecular weight excluding hydrogens is 264 g/mol. The van der Waals surface area contributed by atoms with E-state index in [2.05, 4.69) is 16.0 Å². The zero-order chi connectivity index (χ0) is 13.0. The lowest BCUT2D eigenvalue weighted by Gasteiger charge is -2.32. The van der Waals surface area contributed by atoms with Crippen LogP contribution >= 0.6 is 12.4 Å². The number of nitrogens with zero attached hydrogens (tertiary/aromatic N) is 2. The molecule has 0 unspecified atom stereocenters. The molecule has 1 aromatic heterocycles. The minimum absolute atomic E-state index is 0. The first-order valence-electron chi connectivity index (χ1n) is 6.52. The highest BCUT2D eigenvalue weighted by molar-refractivity contribution is 5.85. The maximum atomic E-state index is 11.8. The lowest BCUT2D eigenvalue weighted by atomic mass is 9.96. The molecule has 1 aliphatic rings. The van der Waals surface area contributed by atoms with Crippen LogP contribution in [0.15, 0.2) is 24.5 Å². The molecule has 2 rings (SSSR count). The molecule has 0 amide bonds. The molecule has 1 aliphatic heterocycles. The van der Waals surface area contributed by atoms with E-state index in [4.69, 9.17) is 4.74 Å². The minimum atomic E-state index is -0.0455. The predicted octanol–water partition coefficient (Wildman–Crippen LogP) is 2.67. The quantitative estimate of drug-likeness (QED) is 0.801. The van der Waals surface area contributed by atoms with Gasteiger partial charge in [0.05, 0.1) is 23.9 Å². The van der Waals surface area contributed by atoms with Gasteiger partial charge in [0, 0.05) is 19.3 Å². The first-order chi connectivity index (χ1) is 8.66. The molecular formula is C14H21ClN2O2. The lowest BCUT2D eigenvalue weighted by Crippen LogP contribution is -2.37. The molecule has 1 aromatic rings. The van der Waals surface area contributed by atoms with E-state index in [1.54, 1.807) is 6.20 Å². The number of carbonyl (C=O) groups is 1. The second kappa shape index (κ2) is 7.34. The summed E-state index contributed by atoms with van der Waals surface area (Å²) in [4.78, 5) is 18.2. The molecule has 106 valence electrons.